The average Bonchev–Trinajstić information content (AvgIpc) is 3.04. The predicted octanol–water partition coefficient (Wildman–Crippen LogP) is 12.2. The Labute approximate surface area is 277 Å². The van der Waals surface area contributed by atoms with Crippen molar-refractivity contribution < 1.29 is 66.6 Å². The fraction of sp³-hybridized carbons (Fsp3) is 0.794. The van der Waals surface area contributed by atoms with Gasteiger partial charge in [0.25, 0.3) is 0 Å². The Morgan fingerprint density at radius 2 is 1.12 bits per heavy atom. The van der Waals surface area contributed by atoms with E-state index in [-0.39, 0.29) is 17.2 Å². The highest BCUT2D eigenvalue weighted by Gasteiger charge is 2.90. The van der Waals surface area contributed by atoms with Crippen molar-refractivity contribution in [2.75, 3.05) is 0 Å². The largest absolute Gasteiger partial charge is 0.460 e. The number of alkyl halides is 13. The van der Waals surface area contributed by atoms with Crippen molar-refractivity contribution in [3.8, 4) is 5.75 Å². The molecule has 0 amide bonds. The van der Waals surface area contributed by atoms with Crippen LogP contribution in [0.25, 0.3) is 0 Å². The molecule has 2 fully saturated rings. The van der Waals surface area contributed by atoms with Crippen molar-refractivity contribution in [2.45, 2.75) is 145 Å². The SMILES string of the molecule is CCCCCCCC1CCC(C2CCC(C(=O)Oc3ccc(CCC(F)(F)C(F)(F)C(F)(F)C(F)(F)C(F)(F)C(F)(F)F)cc3)CC2)CC1. The number of esters is 1. The maximum Gasteiger partial charge on any atom is 0.460 e. The summed E-state index contributed by atoms with van der Waals surface area (Å²) in [7, 11) is 0. The number of rotatable bonds is 16. The quantitative estimate of drug-likeness (QED) is 0.0733. The molecule has 282 valence electrons. The molecule has 2 saturated carbocycles. The lowest BCUT2D eigenvalue weighted by molar-refractivity contribution is -0.440. The molecular formula is C34H43F13O2. The minimum Gasteiger partial charge on any atom is -0.426 e. The summed E-state index contributed by atoms with van der Waals surface area (Å²) < 4.78 is 179. The van der Waals surface area contributed by atoms with Gasteiger partial charge in [-0.25, -0.2) is 0 Å². The summed E-state index contributed by atoms with van der Waals surface area (Å²) in [5.41, 5.74) is -0.252. The molecule has 0 radical (unpaired) electrons. The van der Waals surface area contributed by atoms with Crippen molar-refractivity contribution in [3.05, 3.63) is 29.8 Å². The van der Waals surface area contributed by atoms with Crippen molar-refractivity contribution in [1.29, 1.82) is 0 Å². The molecule has 49 heavy (non-hydrogen) atoms. The topological polar surface area (TPSA) is 26.3 Å². The van der Waals surface area contributed by atoms with Crippen LogP contribution in [0.2, 0.25) is 0 Å². The highest BCUT2D eigenvalue weighted by Crippen LogP contribution is 2.60. The molecule has 2 aliphatic rings. The number of hydrogen-bond donors (Lipinski definition) is 0. The van der Waals surface area contributed by atoms with E-state index in [1.54, 1.807) is 0 Å². The van der Waals surface area contributed by atoms with Crippen molar-refractivity contribution in [3.63, 3.8) is 0 Å². The Bertz CT molecular complexity index is 1180. The number of hydrogen-bond acceptors (Lipinski definition) is 2. The molecule has 15 heteroatoms. The summed E-state index contributed by atoms with van der Waals surface area (Å²) in [5.74, 6) is -35.9. The zero-order valence-electron chi connectivity index (χ0n) is 27.2. The van der Waals surface area contributed by atoms with E-state index < -0.39 is 54.6 Å². The molecular weight excluding hydrogens is 687 g/mol. The highest BCUT2D eigenvalue weighted by molar-refractivity contribution is 5.75. The van der Waals surface area contributed by atoms with Gasteiger partial charge < -0.3 is 4.74 Å². The fourth-order valence-electron chi connectivity index (χ4n) is 7.00. The molecule has 2 nitrogen and oxygen atoms in total. The van der Waals surface area contributed by atoms with Crippen LogP contribution in [-0.2, 0) is 11.2 Å². The maximum atomic E-state index is 14.1. The van der Waals surface area contributed by atoms with E-state index >= 15 is 0 Å². The van der Waals surface area contributed by atoms with Crippen LogP contribution < -0.4 is 4.74 Å². The van der Waals surface area contributed by atoms with Gasteiger partial charge in [-0.15, -0.1) is 0 Å². The van der Waals surface area contributed by atoms with Gasteiger partial charge in [-0.2, -0.15) is 57.1 Å². The lowest BCUT2D eigenvalue weighted by Gasteiger charge is -2.39. The zero-order valence-corrected chi connectivity index (χ0v) is 27.2. The molecule has 0 aliphatic heterocycles. The maximum absolute atomic E-state index is 14.1. The molecule has 0 atom stereocenters. The smallest absolute Gasteiger partial charge is 0.426 e. The first kappa shape index (κ1) is 41.2. The second kappa shape index (κ2) is 16.0. The third-order valence-corrected chi connectivity index (χ3v) is 10.2. The van der Waals surface area contributed by atoms with Gasteiger partial charge in [-0.05, 0) is 80.4 Å². The highest BCUT2D eigenvalue weighted by atomic mass is 19.4. The number of aryl methyl sites for hydroxylation is 1. The van der Waals surface area contributed by atoms with E-state index in [1.807, 2.05) is 0 Å². The first-order valence-electron chi connectivity index (χ1n) is 16.9. The van der Waals surface area contributed by atoms with Crippen LogP contribution in [0.3, 0.4) is 0 Å². The molecule has 0 aromatic heterocycles. The molecule has 3 rings (SSSR count). The first-order chi connectivity index (χ1) is 22.6. The molecule has 2 aliphatic carbocycles. The number of halogens is 13. The molecule has 0 spiro atoms. The van der Waals surface area contributed by atoms with E-state index in [9.17, 15) is 61.9 Å². The van der Waals surface area contributed by atoms with Crippen LogP contribution in [0.4, 0.5) is 57.1 Å². The minimum absolute atomic E-state index is 0.0402. The predicted molar refractivity (Wildman–Crippen MR) is 155 cm³/mol. The van der Waals surface area contributed by atoms with E-state index in [0.717, 1.165) is 43.0 Å². The minimum atomic E-state index is -7.91. The van der Waals surface area contributed by atoms with Crippen LogP contribution in [0.1, 0.15) is 109 Å². The number of carbonyl (C=O) groups excluding carboxylic acids is 1. The van der Waals surface area contributed by atoms with Gasteiger partial charge in [-0.1, -0.05) is 70.4 Å². The Balaban J connectivity index is 1.47. The molecule has 0 heterocycles. The average molecular weight is 731 g/mol. The first-order valence-corrected chi connectivity index (χ1v) is 16.9. The molecule has 0 bridgehead atoms. The summed E-state index contributed by atoms with van der Waals surface area (Å²) in [6, 6.07) is 4.20. The monoisotopic (exact) mass is 730 g/mol. The lowest BCUT2D eigenvalue weighted by Crippen LogP contribution is -2.70. The Kier molecular flexibility index (Phi) is 13.4. The third kappa shape index (κ3) is 9.18. The summed E-state index contributed by atoms with van der Waals surface area (Å²) in [5, 5.41) is 0. The fourth-order valence-corrected chi connectivity index (χ4v) is 7.00. The van der Waals surface area contributed by atoms with E-state index in [4.69, 9.17) is 4.74 Å². The third-order valence-electron chi connectivity index (χ3n) is 10.2. The van der Waals surface area contributed by atoms with Crippen LogP contribution in [0.15, 0.2) is 24.3 Å². The summed E-state index contributed by atoms with van der Waals surface area (Å²) in [4.78, 5) is 12.8. The second-order valence-corrected chi connectivity index (χ2v) is 13.7. The van der Waals surface area contributed by atoms with E-state index in [2.05, 4.69) is 6.92 Å². The normalized spacial score (nSPS) is 23.4. The van der Waals surface area contributed by atoms with Crippen LogP contribution in [-0.4, -0.2) is 41.8 Å². The van der Waals surface area contributed by atoms with Gasteiger partial charge in [0, 0.05) is 6.42 Å². The zero-order chi connectivity index (χ0) is 36.9. The summed E-state index contributed by atoms with van der Waals surface area (Å²) >= 11 is 0. The van der Waals surface area contributed by atoms with Crippen molar-refractivity contribution in [2.24, 2.45) is 23.7 Å². The standard InChI is InChI=1S/C34H43F13O2/c1-2-3-4-5-6-7-22-8-12-24(13-9-22)25-14-16-26(17-15-25)28(48)49-27-18-10-23(11-19-27)20-21-29(35,36)30(37,38)31(39,40)32(41,42)33(43,44)34(45,46)47/h10-11,18-19,22,24-26H,2-9,12-17,20-21H2,1H3. The summed E-state index contributed by atoms with van der Waals surface area (Å²) in [6.07, 6.45) is 4.59. The number of ether oxygens (including phenoxy) is 1. The number of unbranched alkanes of at least 4 members (excludes halogenated alkanes) is 4. The van der Waals surface area contributed by atoms with Gasteiger partial charge in [0.2, 0.25) is 0 Å². The van der Waals surface area contributed by atoms with Gasteiger partial charge in [0.05, 0.1) is 5.92 Å². The van der Waals surface area contributed by atoms with Crippen molar-refractivity contribution >= 4 is 5.97 Å². The number of carbonyl (C=O) groups is 1. The van der Waals surface area contributed by atoms with Gasteiger partial charge >= 0.3 is 41.8 Å². The van der Waals surface area contributed by atoms with E-state index in [1.165, 1.54) is 64.2 Å². The van der Waals surface area contributed by atoms with Crippen LogP contribution in [0, 0.1) is 23.7 Å². The Morgan fingerprint density at radius 1 is 0.633 bits per heavy atom. The Morgan fingerprint density at radius 3 is 1.63 bits per heavy atom. The summed E-state index contributed by atoms with van der Waals surface area (Å²) in [6.45, 7) is 2.20. The van der Waals surface area contributed by atoms with Crippen molar-refractivity contribution in [1.82, 2.24) is 0 Å². The van der Waals surface area contributed by atoms with Crippen LogP contribution >= 0.6 is 0 Å². The Hall–Kier alpha value is -2.22. The molecule has 1 aromatic carbocycles. The van der Waals surface area contributed by atoms with Gasteiger partial charge in [0.1, 0.15) is 5.75 Å². The second-order valence-electron chi connectivity index (χ2n) is 13.7. The lowest BCUT2D eigenvalue weighted by atomic mass is 9.68. The van der Waals surface area contributed by atoms with E-state index in [0.29, 0.717) is 24.7 Å². The molecule has 1 aromatic rings. The van der Waals surface area contributed by atoms with Crippen LogP contribution in [0.5, 0.6) is 5.75 Å². The molecule has 0 unspecified atom stereocenters. The molecule has 0 N–H and O–H groups in total. The van der Waals surface area contributed by atoms with Gasteiger partial charge in [0.15, 0.2) is 0 Å². The molecule has 0 saturated heterocycles. The number of benzene rings is 1. The van der Waals surface area contributed by atoms with Gasteiger partial charge in [-0.3, -0.25) is 4.79 Å².